The Hall–Kier alpha value is -2.86. The molecule has 1 aromatic heterocycles. The second kappa shape index (κ2) is 7.04. The number of aromatic nitrogens is 1. The zero-order chi connectivity index (χ0) is 19.9. The van der Waals surface area contributed by atoms with Crippen molar-refractivity contribution >= 4 is 34.3 Å². The molecule has 3 aromatic rings. The number of rotatable bonds is 4. The van der Waals surface area contributed by atoms with E-state index in [2.05, 4.69) is 0 Å². The van der Waals surface area contributed by atoms with Crippen molar-refractivity contribution in [2.75, 3.05) is 0 Å². The first-order valence-electron chi connectivity index (χ1n) is 8.39. The van der Waals surface area contributed by atoms with E-state index in [1.807, 2.05) is 0 Å². The van der Waals surface area contributed by atoms with E-state index in [0.717, 1.165) is 0 Å². The van der Waals surface area contributed by atoms with Crippen molar-refractivity contribution in [1.29, 1.82) is 0 Å². The summed E-state index contributed by atoms with van der Waals surface area (Å²) in [6.07, 6.45) is 0.329. The molecule has 0 aliphatic heterocycles. The van der Waals surface area contributed by atoms with Crippen molar-refractivity contribution < 1.29 is 19.1 Å². The number of hydrogen-bond acceptors (Lipinski definition) is 3. The minimum absolute atomic E-state index is 0.0218. The molecular formula is C20H18ClFN2O3. The van der Waals surface area contributed by atoms with Crippen LogP contribution < -0.4 is 5.73 Å². The number of aromatic hydroxyl groups is 1. The molecule has 3 N–H and O–H groups in total. The summed E-state index contributed by atoms with van der Waals surface area (Å²) in [5.74, 6) is -3.29. The van der Waals surface area contributed by atoms with Crippen LogP contribution in [0, 0.1) is 12.7 Å². The first kappa shape index (κ1) is 18.9. The largest absolute Gasteiger partial charge is 0.505 e. The highest BCUT2D eigenvalue weighted by Gasteiger charge is 2.29. The van der Waals surface area contributed by atoms with Gasteiger partial charge in [0.05, 0.1) is 11.4 Å². The van der Waals surface area contributed by atoms with Crippen molar-refractivity contribution in [3.63, 3.8) is 0 Å². The summed E-state index contributed by atoms with van der Waals surface area (Å²) < 4.78 is 16.1. The van der Waals surface area contributed by atoms with Crippen molar-refractivity contribution in [3.8, 4) is 5.75 Å². The van der Waals surface area contributed by atoms with Gasteiger partial charge in [-0.1, -0.05) is 24.6 Å². The lowest BCUT2D eigenvalue weighted by atomic mass is 9.93. The molecule has 0 spiro atoms. The Morgan fingerprint density at radius 2 is 2.00 bits per heavy atom. The Kier molecular flexibility index (Phi) is 4.93. The maximum Gasteiger partial charge on any atom is 0.262 e. The van der Waals surface area contributed by atoms with Crippen LogP contribution in [0.1, 0.15) is 40.9 Å². The van der Waals surface area contributed by atoms with E-state index in [4.69, 9.17) is 17.3 Å². The van der Waals surface area contributed by atoms with Crippen molar-refractivity contribution in [2.45, 2.75) is 26.2 Å². The Morgan fingerprint density at radius 3 is 2.59 bits per heavy atom. The third-order valence-electron chi connectivity index (χ3n) is 4.71. The molecule has 2 aromatic carbocycles. The Bertz CT molecular complexity index is 1070. The number of fused-ring (bicyclic) bond motifs is 1. The molecule has 0 fully saturated rings. The first-order valence-corrected chi connectivity index (χ1v) is 8.77. The number of carbonyl (C=O) groups is 2. The Morgan fingerprint density at radius 1 is 1.30 bits per heavy atom. The number of primary amides is 1. The summed E-state index contributed by atoms with van der Waals surface area (Å²) in [5.41, 5.74) is 6.78. The van der Waals surface area contributed by atoms with Gasteiger partial charge < -0.3 is 10.8 Å². The predicted octanol–water partition coefficient (Wildman–Crippen LogP) is 4.12. The van der Waals surface area contributed by atoms with Gasteiger partial charge in [-0.25, -0.2) is 4.39 Å². The van der Waals surface area contributed by atoms with Crippen LogP contribution in [0.25, 0.3) is 10.9 Å². The van der Waals surface area contributed by atoms with E-state index < -0.39 is 29.3 Å². The van der Waals surface area contributed by atoms with Crippen LogP contribution in [0.2, 0.25) is 5.02 Å². The highest BCUT2D eigenvalue weighted by atomic mass is 35.5. The number of phenols is 1. The molecule has 140 valence electrons. The van der Waals surface area contributed by atoms with Crippen LogP contribution in [-0.2, 0) is 4.79 Å². The van der Waals surface area contributed by atoms with E-state index in [1.54, 1.807) is 32.0 Å². The zero-order valence-corrected chi connectivity index (χ0v) is 15.5. The van der Waals surface area contributed by atoms with E-state index in [9.17, 15) is 19.1 Å². The molecule has 0 radical (unpaired) electrons. The van der Waals surface area contributed by atoms with Crippen LogP contribution in [0.3, 0.4) is 0 Å². The summed E-state index contributed by atoms with van der Waals surface area (Å²) >= 11 is 5.98. The number of nitrogens with zero attached hydrogens (tertiary/aromatic N) is 1. The van der Waals surface area contributed by atoms with Crippen LogP contribution in [-0.4, -0.2) is 21.5 Å². The summed E-state index contributed by atoms with van der Waals surface area (Å²) in [4.78, 5) is 25.1. The van der Waals surface area contributed by atoms with Gasteiger partial charge in [0.15, 0.2) is 11.6 Å². The normalized spacial score (nSPS) is 12.3. The van der Waals surface area contributed by atoms with Crippen LogP contribution >= 0.6 is 11.6 Å². The number of halogens is 2. The molecular weight excluding hydrogens is 371 g/mol. The lowest BCUT2D eigenvalue weighted by molar-refractivity contribution is -0.119. The first-order chi connectivity index (χ1) is 12.8. The summed E-state index contributed by atoms with van der Waals surface area (Å²) in [7, 11) is 0. The number of amides is 1. The maximum absolute atomic E-state index is 14.8. The molecule has 3 rings (SSSR count). The SMILES string of the molecule is CCC(C(N)=O)c1c(C)n(C(=O)c2cccc(Cl)c2)c2ccc(O)c(F)c12. The topological polar surface area (TPSA) is 85.3 Å². The molecule has 7 heteroatoms. The highest BCUT2D eigenvalue weighted by molar-refractivity contribution is 6.31. The third kappa shape index (κ3) is 3.06. The maximum atomic E-state index is 14.8. The smallest absolute Gasteiger partial charge is 0.262 e. The number of hydrogen-bond donors (Lipinski definition) is 2. The minimum atomic E-state index is -0.886. The molecule has 1 atom stereocenters. The van der Waals surface area contributed by atoms with Gasteiger partial charge >= 0.3 is 0 Å². The standard InChI is InChI=1S/C20H18ClFN2O3/c1-3-13(19(23)26)16-10(2)24(14-7-8-15(25)18(22)17(14)16)20(27)11-5-4-6-12(21)9-11/h4-9,13,25H,3H2,1-2H3,(H2,23,26). The molecule has 0 saturated heterocycles. The second-order valence-electron chi connectivity index (χ2n) is 6.31. The van der Waals surface area contributed by atoms with E-state index in [0.29, 0.717) is 28.3 Å². The molecule has 0 bridgehead atoms. The van der Waals surface area contributed by atoms with Gasteiger partial charge in [0.25, 0.3) is 5.91 Å². The second-order valence-corrected chi connectivity index (χ2v) is 6.74. The number of phenolic OH excluding ortho intramolecular Hbond substituents is 1. The van der Waals surface area contributed by atoms with Crippen LogP contribution in [0.15, 0.2) is 36.4 Å². The quantitative estimate of drug-likeness (QED) is 0.705. The summed E-state index contributed by atoms with van der Waals surface area (Å²) in [5, 5.41) is 10.2. The fourth-order valence-corrected chi connectivity index (χ4v) is 3.66. The molecule has 1 unspecified atom stereocenters. The van der Waals surface area contributed by atoms with Gasteiger partial charge in [-0.15, -0.1) is 0 Å². The Labute approximate surface area is 160 Å². The molecule has 0 saturated carbocycles. The number of nitrogens with two attached hydrogens (primary N) is 1. The van der Waals surface area contributed by atoms with E-state index in [-0.39, 0.29) is 10.9 Å². The van der Waals surface area contributed by atoms with Gasteiger partial charge in [-0.3, -0.25) is 14.2 Å². The van der Waals surface area contributed by atoms with E-state index >= 15 is 0 Å². The molecule has 1 amide bonds. The van der Waals surface area contributed by atoms with Gasteiger partial charge in [-0.05, 0) is 49.2 Å². The van der Waals surface area contributed by atoms with Gasteiger partial charge in [0.2, 0.25) is 5.91 Å². The molecule has 27 heavy (non-hydrogen) atoms. The third-order valence-corrected chi connectivity index (χ3v) is 4.94. The fourth-order valence-electron chi connectivity index (χ4n) is 3.47. The van der Waals surface area contributed by atoms with Gasteiger partial charge in [-0.2, -0.15) is 0 Å². The van der Waals surface area contributed by atoms with Crippen molar-refractivity contribution in [2.24, 2.45) is 5.73 Å². The highest BCUT2D eigenvalue weighted by Crippen LogP contribution is 2.38. The molecule has 1 heterocycles. The number of benzene rings is 2. The van der Waals surface area contributed by atoms with Crippen LogP contribution in [0.4, 0.5) is 4.39 Å². The zero-order valence-electron chi connectivity index (χ0n) is 14.8. The average Bonchev–Trinajstić information content (AvgIpc) is 2.91. The Balaban J connectivity index is 2.38. The lowest BCUT2D eigenvalue weighted by Gasteiger charge is -2.13. The number of carbonyl (C=O) groups excluding carboxylic acids is 2. The molecule has 5 nitrogen and oxygen atoms in total. The monoisotopic (exact) mass is 388 g/mol. The molecule has 0 aliphatic rings. The van der Waals surface area contributed by atoms with E-state index in [1.165, 1.54) is 22.8 Å². The van der Waals surface area contributed by atoms with Gasteiger partial charge in [0, 0.05) is 21.7 Å². The summed E-state index contributed by atoms with van der Waals surface area (Å²) in [6.45, 7) is 3.37. The van der Waals surface area contributed by atoms with Crippen LogP contribution in [0.5, 0.6) is 5.75 Å². The average molecular weight is 389 g/mol. The van der Waals surface area contributed by atoms with Crippen molar-refractivity contribution in [3.05, 3.63) is 64.1 Å². The lowest BCUT2D eigenvalue weighted by Crippen LogP contribution is -2.22. The van der Waals surface area contributed by atoms with Gasteiger partial charge in [0.1, 0.15) is 0 Å². The fraction of sp³-hybridized carbons (Fsp3) is 0.200. The van der Waals surface area contributed by atoms with Crippen molar-refractivity contribution in [1.82, 2.24) is 4.57 Å². The minimum Gasteiger partial charge on any atom is -0.505 e. The predicted molar refractivity (Wildman–Crippen MR) is 102 cm³/mol. The molecule has 0 aliphatic carbocycles. The summed E-state index contributed by atoms with van der Waals surface area (Å²) in [6, 6.07) is 9.01.